The molecule has 0 aliphatic rings. The summed E-state index contributed by atoms with van der Waals surface area (Å²) in [6, 6.07) is 13.2. The number of nitrogens with zero attached hydrogens (tertiary/aromatic N) is 2. The highest BCUT2D eigenvalue weighted by Crippen LogP contribution is 2.33. The summed E-state index contributed by atoms with van der Waals surface area (Å²) in [6.07, 6.45) is 0. The standard InChI is InChI=1S/C18H16ClIN4O/c1-25-12-5-2-10(3-6-12)18-23-16(14(9-21)17(22)24-18)13-7-4-11(20)8-15(13)19/h2-8H,9,21H2,1H3,(H2,22,23,24). The second kappa shape index (κ2) is 7.55. The molecule has 25 heavy (non-hydrogen) atoms. The van der Waals surface area contributed by atoms with Gasteiger partial charge in [-0.3, -0.25) is 0 Å². The van der Waals surface area contributed by atoms with Crippen molar-refractivity contribution in [1.29, 1.82) is 0 Å². The van der Waals surface area contributed by atoms with Crippen LogP contribution in [-0.4, -0.2) is 17.1 Å². The Kier molecular flexibility index (Phi) is 5.41. The van der Waals surface area contributed by atoms with E-state index in [0.717, 1.165) is 20.4 Å². The predicted octanol–water partition coefficient (Wildman–Crippen LogP) is 4.12. The topological polar surface area (TPSA) is 87.0 Å². The minimum atomic E-state index is 0.229. The molecule has 2 aromatic carbocycles. The molecule has 3 aromatic rings. The lowest BCUT2D eigenvalue weighted by Crippen LogP contribution is -2.09. The summed E-state index contributed by atoms with van der Waals surface area (Å²) >= 11 is 8.63. The van der Waals surface area contributed by atoms with Crippen molar-refractivity contribution in [2.24, 2.45) is 5.73 Å². The average molecular weight is 467 g/mol. The number of aromatic nitrogens is 2. The van der Waals surface area contributed by atoms with Crippen LogP contribution in [0, 0.1) is 3.57 Å². The van der Waals surface area contributed by atoms with Crippen LogP contribution < -0.4 is 16.2 Å². The van der Waals surface area contributed by atoms with Gasteiger partial charge < -0.3 is 16.2 Å². The van der Waals surface area contributed by atoms with Gasteiger partial charge >= 0.3 is 0 Å². The van der Waals surface area contributed by atoms with Crippen molar-refractivity contribution in [3.63, 3.8) is 0 Å². The van der Waals surface area contributed by atoms with E-state index >= 15 is 0 Å². The fourth-order valence-corrected chi connectivity index (χ4v) is 3.42. The lowest BCUT2D eigenvalue weighted by molar-refractivity contribution is 0.415. The van der Waals surface area contributed by atoms with E-state index < -0.39 is 0 Å². The average Bonchev–Trinajstić information content (AvgIpc) is 2.61. The molecule has 1 heterocycles. The van der Waals surface area contributed by atoms with E-state index in [1.807, 2.05) is 42.5 Å². The van der Waals surface area contributed by atoms with Gasteiger partial charge in [-0.1, -0.05) is 17.7 Å². The maximum atomic E-state index is 6.42. The Balaban J connectivity index is 2.18. The van der Waals surface area contributed by atoms with Gasteiger partial charge in [0.25, 0.3) is 0 Å². The van der Waals surface area contributed by atoms with Gasteiger partial charge in [0.05, 0.1) is 17.8 Å². The molecule has 3 rings (SSSR count). The molecular weight excluding hydrogens is 451 g/mol. The van der Waals surface area contributed by atoms with Crippen LogP contribution in [0.2, 0.25) is 5.02 Å². The molecular formula is C18H16ClIN4O. The van der Waals surface area contributed by atoms with E-state index in [2.05, 4.69) is 27.6 Å². The van der Waals surface area contributed by atoms with Gasteiger partial charge in [-0.2, -0.15) is 0 Å². The Labute approximate surface area is 164 Å². The molecule has 0 unspecified atom stereocenters. The third-order valence-corrected chi connectivity index (χ3v) is 4.76. The second-order valence-electron chi connectivity index (χ2n) is 5.32. The minimum absolute atomic E-state index is 0.229. The highest BCUT2D eigenvalue weighted by molar-refractivity contribution is 14.1. The number of anilines is 1. The molecule has 0 spiro atoms. The first kappa shape index (κ1) is 17.9. The zero-order chi connectivity index (χ0) is 18.0. The molecule has 128 valence electrons. The van der Waals surface area contributed by atoms with Gasteiger partial charge in [-0.05, 0) is 59.0 Å². The number of benzene rings is 2. The molecule has 5 nitrogen and oxygen atoms in total. The maximum absolute atomic E-state index is 6.42. The van der Waals surface area contributed by atoms with E-state index in [1.54, 1.807) is 7.11 Å². The zero-order valence-corrected chi connectivity index (χ0v) is 16.4. The number of nitrogen functional groups attached to an aromatic ring is 1. The number of nitrogens with two attached hydrogens (primary N) is 2. The number of rotatable bonds is 4. The molecule has 0 aliphatic heterocycles. The smallest absolute Gasteiger partial charge is 0.162 e. The molecule has 0 fully saturated rings. The molecule has 0 amide bonds. The number of hydrogen-bond acceptors (Lipinski definition) is 5. The second-order valence-corrected chi connectivity index (χ2v) is 6.97. The van der Waals surface area contributed by atoms with Crippen LogP contribution in [-0.2, 0) is 6.54 Å². The lowest BCUT2D eigenvalue weighted by Gasteiger charge is -2.13. The third-order valence-electron chi connectivity index (χ3n) is 3.78. The molecule has 0 radical (unpaired) electrons. The molecule has 0 bridgehead atoms. The monoisotopic (exact) mass is 466 g/mol. The van der Waals surface area contributed by atoms with Crippen LogP contribution in [0.25, 0.3) is 22.6 Å². The third kappa shape index (κ3) is 3.70. The fourth-order valence-electron chi connectivity index (χ4n) is 2.48. The molecule has 7 heteroatoms. The zero-order valence-electron chi connectivity index (χ0n) is 13.5. The molecule has 0 saturated carbocycles. The number of hydrogen-bond donors (Lipinski definition) is 2. The summed E-state index contributed by atoms with van der Waals surface area (Å²) in [5.41, 5.74) is 15.0. The first-order valence-corrected chi connectivity index (χ1v) is 8.95. The Morgan fingerprint density at radius 2 is 1.84 bits per heavy atom. The summed E-state index contributed by atoms with van der Waals surface area (Å²) in [6.45, 7) is 0.229. The van der Waals surface area contributed by atoms with Crippen molar-refractivity contribution in [1.82, 2.24) is 9.97 Å². The molecule has 0 atom stereocenters. The van der Waals surface area contributed by atoms with Crippen molar-refractivity contribution >= 4 is 40.0 Å². The van der Waals surface area contributed by atoms with Crippen LogP contribution in [0.4, 0.5) is 5.82 Å². The van der Waals surface area contributed by atoms with Gasteiger partial charge in [0.1, 0.15) is 11.6 Å². The van der Waals surface area contributed by atoms with Gasteiger partial charge in [-0.15, -0.1) is 0 Å². The number of halogens is 2. The molecule has 0 aliphatic carbocycles. The Morgan fingerprint density at radius 1 is 1.12 bits per heavy atom. The van der Waals surface area contributed by atoms with Crippen LogP contribution >= 0.6 is 34.2 Å². The highest BCUT2D eigenvalue weighted by Gasteiger charge is 2.16. The van der Waals surface area contributed by atoms with Gasteiger partial charge in [0, 0.05) is 26.8 Å². The van der Waals surface area contributed by atoms with Crippen molar-refractivity contribution in [2.75, 3.05) is 12.8 Å². The van der Waals surface area contributed by atoms with E-state index in [0.29, 0.717) is 27.9 Å². The first-order chi connectivity index (χ1) is 12.0. The van der Waals surface area contributed by atoms with Crippen LogP contribution in [0.1, 0.15) is 5.56 Å². The van der Waals surface area contributed by atoms with Crippen molar-refractivity contribution in [2.45, 2.75) is 6.54 Å². The van der Waals surface area contributed by atoms with E-state index in [4.69, 9.17) is 32.8 Å². The maximum Gasteiger partial charge on any atom is 0.162 e. The summed E-state index contributed by atoms with van der Waals surface area (Å²) in [5.74, 6) is 1.63. The summed E-state index contributed by atoms with van der Waals surface area (Å²) < 4.78 is 6.22. The van der Waals surface area contributed by atoms with Crippen LogP contribution in [0.5, 0.6) is 5.75 Å². The van der Waals surface area contributed by atoms with Gasteiger partial charge in [-0.25, -0.2) is 9.97 Å². The quantitative estimate of drug-likeness (QED) is 0.565. The van der Waals surface area contributed by atoms with Gasteiger partial charge in [0.2, 0.25) is 0 Å². The summed E-state index contributed by atoms with van der Waals surface area (Å²) in [4.78, 5) is 9.10. The molecule has 1 aromatic heterocycles. The van der Waals surface area contributed by atoms with Crippen molar-refractivity contribution in [3.8, 4) is 28.4 Å². The first-order valence-electron chi connectivity index (χ1n) is 7.49. The molecule has 0 saturated heterocycles. The lowest BCUT2D eigenvalue weighted by atomic mass is 10.1. The van der Waals surface area contributed by atoms with Crippen molar-refractivity contribution < 1.29 is 4.74 Å². The Hall–Kier alpha value is -1.90. The summed E-state index contributed by atoms with van der Waals surface area (Å²) in [7, 11) is 1.62. The normalized spacial score (nSPS) is 10.7. The van der Waals surface area contributed by atoms with Gasteiger partial charge in [0.15, 0.2) is 5.82 Å². The fraction of sp³-hybridized carbons (Fsp3) is 0.111. The molecule has 4 N–H and O–H groups in total. The minimum Gasteiger partial charge on any atom is -0.497 e. The Morgan fingerprint density at radius 3 is 2.44 bits per heavy atom. The number of methoxy groups -OCH3 is 1. The van der Waals surface area contributed by atoms with E-state index in [9.17, 15) is 0 Å². The van der Waals surface area contributed by atoms with Crippen LogP contribution in [0.3, 0.4) is 0 Å². The predicted molar refractivity (Wildman–Crippen MR) is 109 cm³/mol. The Bertz CT molecular complexity index is 916. The summed E-state index contributed by atoms with van der Waals surface area (Å²) in [5, 5.41) is 0.598. The van der Waals surface area contributed by atoms with E-state index in [1.165, 1.54) is 0 Å². The largest absolute Gasteiger partial charge is 0.497 e. The number of ether oxygens (including phenoxy) is 1. The van der Waals surface area contributed by atoms with E-state index in [-0.39, 0.29) is 6.54 Å². The van der Waals surface area contributed by atoms with Crippen LogP contribution in [0.15, 0.2) is 42.5 Å². The highest BCUT2D eigenvalue weighted by atomic mass is 127. The SMILES string of the molecule is COc1ccc(-c2nc(N)c(CN)c(-c3ccc(I)cc3Cl)n2)cc1. The van der Waals surface area contributed by atoms with Crippen molar-refractivity contribution in [3.05, 3.63) is 56.6 Å².